The van der Waals surface area contributed by atoms with E-state index in [4.69, 9.17) is 0 Å². The number of rotatable bonds is 8. The van der Waals surface area contributed by atoms with Crippen LogP contribution in [-0.2, 0) is 15.6 Å². The third kappa shape index (κ3) is 5.74. The van der Waals surface area contributed by atoms with Crippen LogP contribution in [0, 0.1) is 0 Å². The molecule has 0 saturated heterocycles. The van der Waals surface area contributed by atoms with Gasteiger partial charge < -0.3 is 5.32 Å². The lowest BCUT2D eigenvalue weighted by atomic mass is 10.0. The van der Waals surface area contributed by atoms with Gasteiger partial charge in [0.1, 0.15) is 0 Å². The summed E-state index contributed by atoms with van der Waals surface area (Å²) < 4.78 is 23.4. The zero-order valence-electron chi connectivity index (χ0n) is 17.0. The van der Waals surface area contributed by atoms with Crippen molar-refractivity contribution in [2.75, 3.05) is 6.26 Å². The Morgan fingerprint density at radius 2 is 1.57 bits per heavy atom. The molecule has 0 saturated carbocycles. The molecule has 0 aliphatic carbocycles. The Bertz CT molecular complexity index is 1090. The van der Waals surface area contributed by atoms with Crippen LogP contribution in [0.25, 0.3) is 0 Å². The molecule has 3 aromatic carbocycles. The highest BCUT2D eigenvalue weighted by Crippen LogP contribution is 2.27. The summed E-state index contributed by atoms with van der Waals surface area (Å²) in [5.41, 5.74) is 2.73. The van der Waals surface area contributed by atoms with Crippen LogP contribution in [0.1, 0.15) is 40.9 Å². The molecule has 0 fully saturated rings. The topological polar surface area (TPSA) is 63.2 Å². The number of benzene rings is 3. The molecule has 1 N–H and O–H groups in total. The molecule has 1 atom stereocenters. The van der Waals surface area contributed by atoms with Crippen LogP contribution in [0.2, 0.25) is 0 Å². The van der Waals surface area contributed by atoms with Gasteiger partial charge in [-0.1, -0.05) is 61.5 Å². The van der Waals surface area contributed by atoms with Crippen LogP contribution < -0.4 is 5.32 Å². The highest BCUT2D eigenvalue weighted by Gasteiger charge is 2.17. The highest BCUT2D eigenvalue weighted by molar-refractivity contribution is 7.98. The van der Waals surface area contributed by atoms with Gasteiger partial charge in [-0.15, -0.1) is 11.8 Å². The van der Waals surface area contributed by atoms with Gasteiger partial charge >= 0.3 is 0 Å². The van der Waals surface area contributed by atoms with Gasteiger partial charge in [-0.25, -0.2) is 8.42 Å². The molecular weight excluding hydrogens is 414 g/mol. The Hall–Kier alpha value is -2.57. The predicted octanol–water partition coefficient (Wildman–Crippen LogP) is 5.26. The zero-order chi connectivity index (χ0) is 21.6. The largest absolute Gasteiger partial charge is 0.345 e. The van der Waals surface area contributed by atoms with Crippen LogP contribution in [0.15, 0.2) is 88.7 Å². The number of carbonyl (C=O) groups excluding carboxylic acids is 1. The molecule has 0 spiro atoms. The van der Waals surface area contributed by atoms with Crippen molar-refractivity contribution in [2.24, 2.45) is 0 Å². The number of hydrogen-bond acceptors (Lipinski definition) is 4. The Kier molecular flexibility index (Phi) is 7.34. The fourth-order valence-corrected chi connectivity index (χ4v) is 4.76. The molecule has 0 radical (unpaired) electrons. The Labute approximate surface area is 182 Å². The second-order valence-electron chi connectivity index (χ2n) is 7.05. The molecule has 1 amide bonds. The minimum Gasteiger partial charge on any atom is -0.345 e. The van der Waals surface area contributed by atoms with E-state index in [0.717, 1.165) is 16.2 Å². The summed E-state index contributed by atoms with van der Waals surface area (Å²) in [5, 5.41) is 3.09. The van der Waals surface area contributed by atoms with Crippen molar-refractivity contribution in [1.29, 1.82) is 0 Å². The summed E-state index contributed by atoms with van der Waals surface area (Å²) in [6.45, 7) is 1.99. The smallest absolute Gasteiger partial charge is 0.252 e. The minimum absolute atomic E-state index is 0.134. The van der Waals surface area contributed by atoms with Crippen molar-refractivity contribution in [3.8, 4) is 0 Å². The van der Waals surface area contributed by atoms with Gasteiger partial charge in [0, 0.05) is 16.9 Å². The first-order chi connectivity index (χ1) is 14.4. The maximum atomic E-state index is 13.0. The van der Waals surface area contributed by atoms with Gasteiger partial charge in [-0.05, 0) is 41.8 Å². The van der Waals surface area contributed by atoms with Gasteiger partial charge in [0.15, 0.2) is 9.84 Å². The maximum Gasteiger partial charge on any atom is 0.252 e. The van der Waals surface area contributed by atoms with Crippen molar-refractivity contribution in [1.82, 2.24) is 5.32 Å². The fraction of sp³-hybridized carbons (Fsp3) is 0.208. The van der Waals surface area contributed by atoms with Gasteiger partial charge in [-0.3, -0.25) is 4.79 Å². The molecule has 3 rings (SSSR count). The van der Waals surface area contributed by atoms with Crippen LogP contribution in [0.5, 0.6) is 0 Å². The first kappa shape index (κ1) is 22.1. The average Bonchev–Trinajstić information content (AvgIpc) is 2.76. The molecular formula is C24H25NO3S2. The lowest BCUT2D eigenvalue weighted by Crippen LogP contribution is -2.28. The summed E-state index contributed by atoms with van der Waals surface area (Å²) in [7, 11) is -3.24. The van der Waals surface area contributed by atoms with Crippen molar-refractivity contribution in [3.63, 3.8) is 0 Å². The summed E-state index contributed by atoms with van der Waals surface area (Å²) in [5.74, 6) is 0.653. The van der Waals surface area contributed by atoms with Crippen LogP contribution >= 0.6 is 11.8 Å². The molecule has 0 heterocycles. The highest BCUT2D eigenvalue weighted by atomic mass is 32.2. The van der Waals surface area contributed by atoms with Crippen molar-refractivity contribution in [2.45, 2.75) is 34.9 Å². The van der Waals surface area contributed by atoms with Crippen molar-refractivity contribution < 1.29 is 13.2 Å². The lowest BCUT2D eigenvalue weighted by molar-refractivity contribution is 0.0932. The quantitative estimate of drug-likeness (QED) is 0.486. The van der Waals surface area contributed by atoms with Crippen LogP contribution in [-0.4, -0.2) is 20.6 Å². The molecule has 0 bridgehead atoms. The van der Waals surface area contributed by atoms with E-state index in [1.165, 1.54) is 11.8 Å². The third-order valence-electron chi connectivity index (χ3n) is 4.79. The fourth-order valence-electron chi connectivity index (χ4n) is 3.12. The number of nitrogens with one attached hydrogen (secondary N) is 1. The first-order valence-electron chi connectivity index (χ1n) is 9.75. The predicted molar refractivity (Wildman–Crippen MR) is 122 cm³/mol. The van der Waals surface area contributed by atoms with Crippen molar-refractivity contribution in [3.05, 3.63) is 95.6 Å². The van der Waals surface area contributed by atoms with E-state index in [1.54, 1.807) is 36.0 Å². The number of hydrogen-bond donors (Lipinski definition) is 1. The molecule has 156 valence electrons. The molecule has 6 heteroatoms. The second-order valence-corrected chi connectivity index (χ2v) is 10.1. The van der Waals surface area contributed by atoms with Gasteiger partial charge in [0.2, 0.25) is 0 Å². The first-order valence-corrected chi connectivity index (χ1v) is 12.6. The van der Waals surface area contributed by atoms with E-state index in [2.05, 4.69) is 17.4 Å². The van der Waals surface area contributed by atoms with E-state index in [-0.39, 0.29) is 16.8 Å². The van der Waals surface area contributed by atoms with E-state index in [0.29, 0.717) is 12.0 Å². The molecule has 4 nitrogen and oxygen atoms in total. The number of thioether (sulfide) groups is 1. The van der Waals surface area contributed by atoms with Gasteiger partial charge in [0.25, 0.3) is 5.91 Å². The lowest BCUT2D eigenvalue weighted by Gasteiger charge is -2.19. The van der Waals surface area contributed by atoms with Crippen molar-refractivity contribution >= 4 is 27.5 Å². The Morgan fingerprint density at radius 1 is 0.933 bits per heavy atom. The number of carbonyl (C=O) groups is 1. The average molecular weight is 440 g/mol. The summed E-state index contributed by atoms with van der Waals surface area (Å²) in [4.78, 5) is 14.2. The summed E-state index contributed by atoms with van der Waals surface area (Å²) in [6.07, 6.45) is 1.88. The summed E-state index contributed by atoms with van der Waals surface area (Å²) >= 11 is 1.64. The maximum absolute atomic E-state index is 13.0. The Balaban J connectivity index is 1.74. The van der Waals surface area contributed by atoms with E-state index in [1.807, 2.05) is 49.4 Å². The monoisotopic (exact) mass is 439 g/mol. The molecule has 0 aliphatic rings. The summed E-state index contributed by atoms with van der Waals surface area (Å²) in [6, 6.07) is 24.3. The van der Waals surface area contributed by atoms with Gasteiger partial charge in [0.05, 0.1) is 16.5 Å². The van der Waals surface area contributed by atoms with Crippen LogP contribution in [0.3, 0.4) is 0 Å². The third-order valence-corrected chi connectivity index (χ3v) is 7.07. The Morgan fingerprint density at radius 3 is 2.20 bits per heavy atom. The number of amides is 1. The van der Waals surface area contributed by atoms with E-state index in [9.17, 15) is 13.2 Å². The molecule has 0 aromatic heterocycles. The van der Waals surface area contributed by atoms with Gasteiger partial charge in [-0.2, -0.15) is 0 Å². The molecule has 30 heavy (non-hydrogen) atoms. The van der Waals surface area contributed by atoms with Crippen LogP contribution in [0.4, 0.5) is 0 Å². The minimum atomic E-state index is -3.24. The SMILES string of the molecule is CC[C@H](NC(=O)c1ccccc1SCc1ccccc1)c1ccc(S(C)(=O)=O)cc1. The van der Waals surface area contributed by atoms with E-state index < -0.39 is 9.84 Å². The normalized spacial score (nSPS) is 12.3. The molecule has 0 unspecified atom stereocenters. The van der Waals surface area contributed by atoms with E-state index >= 15 is 0 Å². The molecule has 3 aromatic rings. The number of sulfone groups is 1. The second kappa shape index (κ2) is 9.96. The zero-order valence-corrected chi connectivity index (χ0v) is 18.7. The molecule has 0 aliphatic heterocycles. The standard InChI is InChI=1S/C24H25NO3S2/c1-3-22(19-13-15-20(16-14-19)30(2,27)28)25-24(26)21-11-7-8-12-23(21)29-17-18-9-5-4-6-10-18/h4-16,22H,3,17H2,1-2H3,(H,25,26)/t22-/m0/s1.